The second-order valence-electron chi connectivity index (χ2n) is 4.10. The molecule has 1 aromatic carbocycles. The molecule has 1 N–H and O–H groups in total. The smallest absolute Gasteiger partial charge is 0.113 e. The molecule has 1 unspecified atom stereocenters. The van der Waals surface area contributed by atoms with Crippen molar-refractivity contribution in [2.45, 2.75) is 6.10 Å². The van der Waals surface area contributed by atoms with Crippen LogP contribution in [0, 0.1) is 0 Å². The quantitative estimate of drug-likeness (QED) is 0.759. The lowest BCUT2D eigenvalue weighted by atomic mass is 10.1. The molecule has 3 aromatic rings. The minimum atomic E-state index is -0.524. The third-order valence-electron chi connectivity index (χ3n) is 2.92. The SMILES string of the molecule is OC(c1ccc(-n2cccc2)cc1)c1cccs1. The highest BCUT2D eigenvalue weighted by atomic mass is 32.1. The van der Waals surface area contributed by atoms with E-state index in [1.165, 1.54) is 0 Å². The van der Waals surface area contributed by atoms with Gasteiger partial charge < -0.3 is 9.67 Å². The van der Waals surface area contributed by atoms with Crippen LogP contribution in [0.15, 0.2) is 66.3 Å². The van der Waals surface area contributed by atoms with Gasteiger partial charge in [0.25, 0.3) is 0 Å². The molecule has 0 amide bonds. The number of aromatic nitrogens is 1. The summed E-state index contributed by atoms with van der Waals surface area (Å²) in [7, 11) is 0. The van der Waals surface area contributed by atoms with Crippen LogP contribution in [0.3, 0.4) is 0 Å². The van der Waals surface area contributed by atoms with E-state index in [9.17, 15) is 5.11 Å². The van der Waals surface area contributed by atoms with Crippen LogP contribution < -0.4 is 0 Å². The second-order valence-corrected chi connectivity index (χ2v) is 5.08. The molecule has 0 saturated heterocycles. The number of nitrogens with zero attached hydrogens (tertiary/aromatic N) is 1. The molecule has 18 heavy (non-hydrogen) atoms. The molecule has 0 aliphatic heterocycles. The van der Waals surface area contributed by atoms with Gasteiger partial charge in [-0.05, 0) is 41.3 Å². The number of benzene rings is 1. The Balaban J connectivity index is 1.87. The molecule has 0 fully saturated rings. The molecule has 0 aliphatic carbocycles. The molecule has 0 radical (unpaired) electrons. The molecule has 0 aliphatic rings. The third kappa shape index (κ3) is 2.10. The number of rotatable bonds is 3. The van der Waals surface area contributed by atoms with Gasteiger partial charge in [-0.3, -0.25) is 0 Å². The summed E-state index contributed by atoms with van der Waals surface area (Å²) >= 11 is 1.57. The molecule has 2 aromatic heterocycles. The normalized spacial score (nSPS) is 12.5. The average molecular weight is 255 g/mol. The number of aliphatic hydroxyl groups excluding tert-OH is 1. The molecule has 0 saturated carbocycles. The predicted octanol–water partition coefficient (Wildman–Crippen LogP) is 3.62. The zero-order valence-corrected chi connectivity index (χ0v) is 10.5. The van der Waals surface area contributed by atoms with Crippen molar-refractivity contribution in [3.8, 4) is 5.69 Å². The number of thiophene rings is 1. The first kappa shape index (κ1) is 11.3. The van der Waals surface area contributed by atoms with Crippen molar-refractivity contribution in [1.29, 1.82) is 0 Å². The maximum atomic E-state index is 10.2. The largest absolute Gasteiger partial charge is 0.383 e. The average Bonchev–Trinajstić information content (AvgIpc) is 3.11. The maximum absolute atomic E-state index is 10.2. The van der Waals surface area contributed by atoms with Gasteiger partial charge >= 0.3 is 0 Å². The van der Waals surface area contributed by atoms with Crippen molar-refractivity contribution in [2.24, 2.45) is 0 Å². The van der Waals surface area contributed by atoms with Crippen molar-refractivity contribution >= 4 is 11.3 Å². The standard InChI is InChI=1S/C15H13NOS/c17-15(14-4-3-11-18-14)12-5-7-13(8-6-12)16-9-1-2-10-16/h1-11,15,17H. The molecular formula is C15H13NOS. The summed E-state index contributed by atoms with van der Waals surface area (Å²) < 4.78 is 2.04. The Kier molecular flexibility index (Phi) is 3.00. The van der Waals surface area contributed by atoms with Gasteiger partial charge in [0, 0.05) is 23.0 Å². The fourth-order valence-electron chi connectivity index (χ4n) is 1.95. The topological polar surface area (TPSA) is 25.2 Å². The monoisotopic (exact) mass is 255 g/mol. The van der Waals surface area contributed by atoms with E-state index in [-0.39, 0.29) is 0 Å². The van der Waals surface area contributed by atoms with Crippen LogP contribution in [0.25, 0.3) is 5.69 Å². The van der Waals surface area contributed by atoms with E-state index in [1.807, 2.05) is 70.9 Å². The molecule has 0 bridgehead atoms. The lowest BCUT2D eigenvalue weighted by Crippen LogP contribution is -1.97. The lowest BCUT2D eigenvalue weighted by Gasteiger charge is -2.10. The van der Waals surface area contributed by atoms with E-state index in [0.717, 1.165) is 16.1 Å². The van der Waals surface area contributed by atoms with E-state index in [4.69, 9.17) is 0 Å². The molecule has 2 nitrogen and oxygen atoms in total. The fraction of sp³-hybridized carbons (Fsp3) is 0.0667. The lowest BCUT2D eigenvalue weighted by molar-refractivity contribution is 0.224. The van der Waals surface area contributed by atoms with Crippen molar-refractivity contribution in [1.82, 2.24) is 4.57 Å². The first-order valence-electron chi connectivity index (χ1n) is 5.79. The Morgan fingerprint density at radius 3 is 2.28 bits per heavy atom. The summed E-state index contributed by atoms with van der Waals surface area (Å²) in [5, 5.41) is 12.2. The summed E-state index contributed by atoms with van der Waals surface area (Å²) in [5.74, 6) is 0. The fourth-order valence-corrected chi connectivity index (χ4v) is 2.68. The van der Waals surface area contributed by atoms with Crippen molar-refractivity contribution in [3.05, 3.63) is 76.7 Å². The Labute approximate surface area is 110 Å². The summed E-state index contributed by atoms with van der Waals surface area (Å²) in [6.07, 6.45) is 3.48. The van der Waals surface area contributed by atoms with Crippen LogP contribution >= 0.6 is 11.3 Å². The summed E-state index contributed by atoms with van der Waals surface area (Å²) in [6, 6.07) is 15.9. The minimum Gasteiger partial charge on any atom is -0.383 e. The van der Waals surface area contributed by atoms with Gasteiger partial charge in [-0.25, -0.2) is 0 Å². The number of aliphatic hydroxyl groups is 1. The van der Waals surface area contributed by atoms with Crippen LogP contribution in [0.4, 0.5) is 0 Å². The van der Waals surface area contributed by atoms with Crippen LogP contribution in [0.2, 0.25) is 0 Å². The van der Waals surface area contributed by atoms with E-state index in [1.54, 1.807) is 11.3 Å². The Hall–Kier alpha value is -1.84. The highest BCUT2D eigenvalue weighted by Crippen LogP contribution is 2.26. The molecule has 3 heteroatoms. The van der Waals surface area contributed by atoms with Crippen molar-refractivity contribution < 1.29 is 5.11 Å². The highest BCUT2D eigenvalue weighted by Gasteiger charge is 2.10. The first-order valence-corrected chi connectivity index (χ1v) is 6.67. The minimum absolute atomic E-state index is 0.524. The predicted molar refractivity (Wildman–Crippen MR) is 74.1 cm³/mol. The van der Waals surface area contributed by atoms with Gasteiger partial charge in [0.05, 0.1) is 0 Å². The number of hydrogen-bond acceptors (Lipinski definition) is 2. The molecule has 3 rings (SSSR count). The van der Waals surface area contributed by atoms with Crippen molar-refractivity contribution in [3.63, 3.8) is 0 Å². The van der Waals surface area contributed by atoms with E-state index in [0.29, 0.717) is 0 Å². The van der Waals surface area contributed by atoms with Crippen LogP contribution in [-0.2, 0) is 0 Å². The Morgan fingerprint density at radius 1 is 0.944 bits per heavy atom. The summed E-state index contributed by atoms with van der Waals surface area (Å²) in [6.45, 7) is 0. The maximum Gasteiger partial charge on any atom is 0.113 e. The van der Waals surface area contributed by atoms with Crippen molar-refractivity contribution in [2.75, 3.05) is 0 Å². The molecule has 90 valence electrons. The third-order valence-corrected chi connectivity index (χ3v) is 3.85. The molecule has 1 atom stereocenters. The molecule has 2 heterocycles. The zero-order valence-electron chi connectivity index (χ0n) is 9.73. The Bertz CT molecular complexity index is 597. The van der Waals surface area contributed by atoms with Gasteiger partial charge in [-0.15, -0.1) is 11.3 Å². The number of hydrogen-bond donors (Lipinski definition) is 1. The van der Waals surface area contributed by atoms with E-state index < -0.39 is 6.10 Å². The van der Waals surface area contributed by atoms with Gasteiger partial charge in [0.2, 0.25) is 0 Å². The molecule has 0 spiro atoms. The van der Waals surface area contributed by atoms with Crippen LogP contribution in [-0.4, -0.2) is 9.67 Å². The molecular weight excluding hydrogens is 242 g/mol. The van der Waals surface area contributed by atoms with E-state index in [2.05, 4.69) is 0 Å². The van der Waals surface area contributed by atoms with Gasteiger partial charge in [-0.1, -0.05) is 18.2 Å². The summed E-state index contributed by atoms with van der Waals surface area (Å²) in [5.41, 5.74) is 2.02. The van der Waals surface area contributed by atoms with Crippen LogP contribution in [0.5, 0.6) is 0 Å². The van der Waals surface area contributed by atoms with Gasteiger partial charge in [0.1, 0.15) is 6.10 Å². The summed E-state index contributed by atoms with van der Waals surface area (Å²) in [4.78, 5) is 0.976. The van der Waals surface area contributed by atoms with Gasteiger partial charge in [-0.2, -0.15) is 0 Å². The van der Waals surface area contributed by atoms with Gasteiger partial charge in [0.15, 0.2) is 0 Å². The Morgan fingerprint density at radius 2 is 1.67 bits per heavy atom. The highest BCUT2D eigenvalue weighted by molar-refractivity contribution is 7.10. The zero-order chi connectivity index (χ0) is 12.4. The second kappa shape index (κ2) is 4.80. The van der Waals surface area contributed by atoms with Crippen LogP contribution in [0.1, 0.15) is 16.5 Å². The van der Waals surface area contributed by atoms with E-state index >= 15 is 0 Å². The first-order chi connectivity index (χ1) is 8.84.